The Hall–Kier alpha value is -2.78. The highest BCUT2D eigenvalue weighted by Crippen LogP contribution is 2.43. The fraction of sp³-hybridized carbons (Fsp3) is 0.500. The van der Waals surface area contributed by atoms with Gasteiger partial charge in [-0.15, -0.1) is 0 Å². The first kappa shape index (κ1) is 30.4. The molecule has 0 saturated heterocycles. The summed E-state index contributed by atoms with van der Waals surface area (Å²) in [5.74, 6) is -3.18. The van der Waals surface area contributed by atoms with Crippen molar-refractivity contribution in [1.82, 2.24) is 0 Å². The predicted molar refractivity (Wildman–Crippen MR) is 140 cm³/mol. The van der Waals surface area contributed by atoms with E-state index in [-0.39, 0.29) is 47.6 Å². The molecule has 1 unspecified atom stereocenters. The number of esters is 1. The molecule has 0 amide bonds. The van der Waals surface area contributed by atoms with E-state index in [1.54, 1.807) is 12.1 Å². The summed E-state index contributed by atoms with van der Waals surface area (Å²) >= 11 is 0. The van der Waals surface area contributed by atoms with Crippen LogP contribution in [0.5, 0.6) is 5.75 Å². The van der Waals surface area contributed by atoms with Crippen molar-refractivity contribution in [1.29, 1.82) is 0 Å². The molecule has 2 aromatic rings. The minimum atomic E-state index is -2.36. The molecule has 9 heteroatoms. The lowest BCUT2D eigenvalue weighted by Gasteiger charge is -2.44. The molecule has 204 valence electrons. The number of carboxylic acid groups (broad SMARTS) is 1. The average molecular weight is 537 g/mol. The number of halogens is 2. The summed E-state index contributed by atoms with van der Waals surface area (Å²) in [4.78, 5) is 23.7. The first-order valence-electron chi connectivity index (χ1n) is 12.5. The van der Waals surface area contributed by atoms with Crippen LogP contribution in [0.3, 0.4) is 0 Å². The second kappa shape index (κ2) is 13.1. The van der Waals surface area contributed by atoms with Crippen LogP contribution in [0.4, 0.5) is 8.78 Å². The molecule has 0 aliphatic carbocycles. The van der Waals surface area contributed by atoms with Gasteiger partial charge in [0.25, 0.3) is 0 Å². The fourth-order valence-electron chi connectivity index (χ4n) is 5.13. The number of rotatable bonds is 13. The smallest absolute Gasteiger partial charge is 0.335 e. The SMILES string of the molecule is CC(=O)OCC(Cc1ccc(COc2cc(F)ccc2F)cc1C(=O)O)O[Si](C(C)C)(C(C)C)C(C)C. The van der Waals surface area contributed by atoms with Gasteiger partial charge >= 0.3 is 11.9 Å². The van der Waals surface area contributed by atoms with E-state index in [0.717, 1.165) is 18.2 Å². The van der Waals surface area contributed by atoms with Crippen molar-refractivity contribution in [3.8, 4) is 5.75 Å². The predicted octanol–water partition coefficient (Wildman–Crippen LogP) is 6.91. The molecule has 2 aromatic carbocycles. The van der Waals surface area contributed by atoms with Crippen molar-refractivity contribution in [2.45, 2.75) is 84.2 Å². The number of ether oxygens (including phenoxy) is 2. The standard InChI is InChI=1S/C28H38F2O6Si/c1-17(2)37(18(3)4,19(5)6)36-24(16-34-20(7)31)13-22-9-8-21(12-25(22)28(32)33)15-35-27-14-23(29)10-11-26(27)30/h8-12,14,17-19,24H,13,15-16H2,1-7H3,(H,32,33). The third-order valence-corrected chi connectivity index (χ3v) is 12.8. The molecule has 0 heterocycles. The third-order valence-electron chi connectivity index (χ3n) is 6.69. The minimum Gasteiger partial charge on any atom is -0.486 e. The number of aromatic carboxylic acids is 1. The van der Waals surface area contributed by atoms with Crippen LogP contribution < -0.4 is 4.74 Å². The largest absolute Gasteiger partial charge is 0.486 e. The van der Waals surface area contributed by atoms with Gasteiger partial charge in [-0.2, -0.15) is 0 Å². The maximum Gasteiger partial charge on any atom is 0.335 e. The Morgan fingerprint density at radius 1 is 0.946 bits per heavy atom. The zero-order valence-corrected chi connectivity index (χ0v) is 23.6. The topological polar surface area (TPSA) is 82.1 Å². The van der Waals surface area contributed by atoms with E-state index in [9.17, 15) is 23.5 Å². The number of carbonyl (C=O) groups excluding carboxylic acids is 1. The van der Waals surface area contributed by atoms with Crippen LogP contribution >= 0.6 is 0 Å². The molecule has 1 atom stereocenters. The Balaban J connectivity index is 2.35. The lowest BCUT2D eigenvalue weighted by molar-refractivity contribution is -0.143. The summed E-state index contributed by atoms with van der Waals surface area (Å²) in [5, 5.41) is 9.92. The van der Waals surface area contributed by atoms with E-state index in [1.165, 1.54) is 13.0 Å². The van der Waals surface area contributed by atoms with Crippen LogP contribution in [0.25, 0.3) is 0 Å². The molecule has 0 saturated carbocycles. The van der Waals surface area contributed by atoms with Crippen molar-refractivity contribution in [3.05, 3.63) is 64.7 Å². The zero-order chi connectivity index (χ0) is 27.9. The van der Waals surface area contributed by atoms with Gasteiger partial charge in [-0.1, -0.05) is 53.7 Å². The number of hydrogen-bond donors (Lipinski definition) is 1. The maximum absolute atomic E-state index is 13.9. The monoisotopic (exact) mass is 536 g/mol. The zero-order valence-electron chi connectivity index (χ0n) is 22.6. The molecule has 6 nitrogen and oxygen atoms in total. The van der Waals surface area contributed by atoms with Gasteiger partial charge in [0.1, 0.15) is 19.0 Å². The molecule has 0 fully saturated rings. The second-order valence-electron chi connectivity index (χ2n) is 10.2. The van der Waals surface area contributed by atoms with Gasteiger partial charge in [-0.25, -0.2) is 13.6 Å². The van der Waals surface area contributed by atoms with Gasteiger partial charge in [-0.05, 0) is 45.9 Å². The van der Waals surface area contributed by atoms with Crippen molar-refractivity contribution in [3.63, 3.8) is 0 Å². The van der Waals surface area contributed by atoms with Crippen LogP contribution in [0.2, 0.25) is 16.6 Å². The quantitative estimate of drug-likeness (QED) is 0.221. The molecule has 0 aliphatic rings. The summed E-state index contributed by atoms with van der Waals surface area (Å²) < 4.78 is 44.9. The van der Waals surface area contributed by atoms with Gasteiger partial charge in [0, 0.05) is 19.4 Å². The van der Waals surface area contributed by atoms with Crippen LogP contribution in [0.1, 0.15) is 70.0 Å². The Labute approximate surface area is 219 Å². The molecule has 37 heavy (non-hydrogen) atoms. The molecule has 0 radical (unpaired) electrons. The lowest BCUT2D eigenvalue weighted by atomic mass is 9.99. The normalized spacial score (nSPS) is 12.8. The van der Waals surface area contributed by atoms with E-state index in [4.69, 9.17) is 13.9 Å². The highest BCUT2D eigenvalue weighted by atomic mass is 28.4. The Morgan fingerprint density at radius 3 is 2.11 bits per heavy atom. The Kier molecular flexibility index (Phi) is 10.8. The van der Waals surface area contributed by atoms with Gasteiger partial charge < -0.3 is 19.0 Å². The highest BCUT2D eigenvalue weighted by molar-refractivity contribution is 6.77. The Bertz CT molecular complexity index is 1060. The number of benzene rings is 2. The number of carboxylic acids is 1. The number of hydrogen-bond acceptors (Lipinski definition) is 5. The molecule has 1 N–H and O–H groups in total. The highest BCUT2D eigenvalue weighted by Gasteiger charge is 2.46. The van der Waals surface area contributed by atoms with Crippen molar-refractivity contribution in [2.24, 2.45) is 0 Å². The Morgan fingerprint density at radius 2 is 1.57 bits per heavy atom. The van der Waals surface area contributed by atoms with E-state index < -0.39 is 38.0 Å². The fourth-order valence-corrected chi connectivity index (χ4v) is 10.7. The molecule has 0 aromatic heterocycles. The van der Waals surface area contributed by atoms with Crippen LogP contribution in [-0.4, -0.2) is 38.1 Å². The number of carbonyl (C=O) groups is 2. The average Bonchev–Trinajstić information content (AvgIpc) is 2.80. The first-order chi connectivity index (χ1) is 17.3. The van der Waals surface area contributed by atoms with Gasteiger partial charge in [0.15, 0.2) is 11.6 Å². The molecular weight excluding hydrogens is 498 g/mol. The summed E-state index contributed by atoms with van der Waals surface area (Å²) in [6.07, 6.45) is -0.292. The van der Waals surface area contributed by atoms with Crippen LogP contribution in [0, 0.1) is 11.6 Å². The first-order valence-corrected chi connectivity index (χ1v) is 14.7. The van der Waals surface area contributed by atoms with Crippen molar-refractivity contribution < 1.29 is 37.4 Å². The molecule has 0 aliphatic heterocycles. The molecule has 2 rings (SSSR count). The summed E-state index contributed by atoms with van der Waals surface area (Å²) in [6.45, 7) is 14.1. The third kappa shape index (κ3) is 7.85. The lowest BCUT2D eigenvalue weighted by Crippen LogP contribution is -2.51. The minimum absolute atomic E-state index is 0.0129. The maximum atomic E-state index is 13.9. The van der Waals surface area contributed by atoms with Crippen LogP contribution in [-0.2, 0) is 27.0 Å². The van der Waals surface area contributed by atoms with E-state index in [2.05, 4.69) is 41.5 Å². The van der Waals surface area contributed by atoms with E-state index in [0.29, 0.717) is 11.1 Å². The van der Waals surface area contributed by atoms with Crippen LogP contribution in [0.15, 0.2) is 36.4 Å². The molecule has 0 bridgehead atoms. The van der Waals surface area contributed by atoms with Gasteiger partial charge in [0.2, 0.25) is 8.32 Å². The molecule has 0 spiro atoms. The second-order valence-corrected chi connectivity index (χ2v) is 15.6. The van der Waals surface area contributed by atoms with Crippen molar-refractivity contribution >= 4 is 20.3 Å². The van der Waals surface area contributed by atoms with Gasteiger partial charge in [0.05, 0.1) is 11.7 Å². The van der Waals surface area contributed by atoms with Crippen molar-refractivity contribution in [2.75, 3.05) is 6.61 Å². The summed E-state index contributed by atoms with van der Waals surface area (Å²) in [6, 6.07) is 7.69. The molecular formula is C28H38F2O6Si. The summed E-state index contributed by atoms with van der Waals surface area (Å²) in [7, 11) is -2.36. The van der Waals surface area contributed by atoms with E-state index >= 15 is 0 Å². The van der Waals surface area contributed by atoms with E-state index in [1.807, 2.05) is 0 Å². The van der Waals surface area contributed by atoms with Gasteiger partial charge in [-0.3, -0.25) is 4.79 Å². The summed E-state index contributed by atoms with van der Waals surface area (Å²) in [5.41, 5.74) is 1.90.